The fourth-order valence-corrected chi connectivity index (χ4v) is 3.93. The highest BCUT2D eigenvalue weighted by molar-refractivity contribution is 7.20. The Bertz CT molecular complexity index is 975. The first-order chi connectivity index (χ1) is 12.7. The lowest BCUT2D eigenvalue weighted by molar-refractivity contribution is -0.274. The van der Waals surface area contributed by atoms with E-state index in [0.717, 1.165) is 4.88 Å². The van der Waals surface area contributed by atoms with Gasteiger partial charge < -0.3 is 15.4 Å². The van der Waals surface area contributed by atoms with Crippen LogP contribution in [0.1, 0.15) is 12.6 Å². The van der Waals surface area contributed by atoms with Crippen LogP contribution < -0.4 is 15.4 Å². The molecule has 2 N–H and O–H groups in total. The van der Waals surface area contributed by atoms with Crippen molar-refractivity contribution in [3.8, 4) is 16.3 Å². The molecule has 0 spiro atoms. The molecule has 28 heavy (non-hydrogen) atoms. The zero-order valence-corrected chi connectivity index (χ0v) is 16.9. The number of benzene rings is 1. The largest absolute Gasteiger partial charge is 0.573 e. The molecule has 2 heterocycles. The van der Waals surface area contributed by atoms with Crippen molar-refractivity contribution >= 4 is 56.9 Å². The lowest BCUT2D eigenvalue weighted by Crippen LogP contribution is -2.17. The maximum Gasteiger partial charge on any atom is 0.573 e. The second-order valence-corrected chi connectivity index (χ2v) is 7.18. The molecule has 12 heteroatoms. The van der Waals surface area contributed by atoms with Crippen molar-refractivity contribution in [3.05, 3.63) is 35.3 Å². The van der Waals surface area contributed by atoms with E-state index in [-0.39, 0.29) is 29.8 Å². The van der Waals surface area contributed by atoms with Crippen molar-refractivity contribution in [2.75, 3.05) is 10.6 Å². The molecule has 0 saturated carbocycles. The predicted molar refractivity (Wildman–Crippen MR) is 106 cm³/mol. The summed E-state index contributed by atoms with van der Waals surface area (Å²) >= 11 is 2.50. The van der Waals surface area contributed by atoms with Crippen molar-refractivity contribution in [3.63, 3.8) is 0 Å². The number of nitrogens with one attached hydrogen (secondary N) is 2. The Morgan fingerprint density at radius 3 is 2.57 bits per heavy atom. The smallest absolute Gasteiger partial charge is 0.404 e. The Kier molecular flexibility index (Phi) is 6.86. The van der Waals surface area contributed by atoms with Crippen LogP contribution in [0.4, 0.5) is 29.1 Å². The van der Waals surface area contributed by atoms with Gasteiger partial charge in [-0.25, -0.2) is 9.97 Å². The third-order valence-corrected chi connectivity index (χ3v) is 5.02. The van der Waals surface area contributed by atoms with Gasteiger partial charge in [0.2, 0.25) is 5.91 Å². The number of hydrogen-bond donors (Lipinski definition) is 2. The number of aromatic nitrogens is 2. The third-order valence-electron chi connectivity index (χ3n) is 3.17. The molecule has 0 saturated heterocycles. The number of aryl methyl sites for hydroxylation is 1. The van der Waals surface area contributed by atoms with Gasteiger partial charge in [-0.2, -0.15) is 0 Å². The number of ether oxygens (including phenoxy) is 1. The van der Waals surface area contributed by atoms with Crippen LogP contribution >= 0.6 is 35.1 Å². The summed E-state index contributed by atoms with van der Waals surface area (Å²) < 4.78 is 41.6. The summed E-state index contributed by atoms with van der Waals surface area (Å²) in [6, 6.07) is 5.73. The first-order valence-corrected chi connectivity index (χ1v) is 9.23. The van der Waals surface area contributed by atoms with E-state index >= 15 is 0 Å². The maximum absolute atomic E-state index is 12.5. The second kappa shape index (κ2) is 8.76. The normalized spacial score (nSPS) is 10.9. The van der Waals surface area contributed by atoms with E-state index < -0.39 is 6.36 Å². The van der Waals surface area contributed by atoms with E-state index in [2.05, 4.69) is 25.3 Å². The molecule has 3 aromatic rings. The zero-order valence-electron chi connectivity index (χ0n) is 14.5. The molecule has 0 aliphatic heterocycles. The van der Waals surface area contributed by atoms with Gasteiger partial charge in [0, 0.05) is 12.3 Å². The molecule has 1 amide bonds. The van der Waals surface area contributed by atoms with Gasteiger partial charge in [0.1, 0.15) is 0 Å². The minimum atomic E-state index is -4.79. The quantitative estimate of drug-likeness (QED) is 0.529. The molecule has 0 fully saturated rings. The van der Waals surface area contributed by atoms with Gasteiger partial charge in [-0.15, -0.1) is 36.9 Å². The van der Waals surface area contributed by atoms with Crippen LogP contribution in [0.3, 0.4) is 0 Å². The molecule has 0 atom stereocenters. The number of rotatable bonds is 5. The number of para-hydroxylation sites is 2. The summed E-state index contributed by atoms with van der Waals surface area (Å²) in [4.78, 5) is 20.6. The Balaban J connectivity index is 0.00000280. The van der Waals surface area contributed by atoms with Crippen LogP contribution in [-0.4, -0.2) is 22.2 Å². The average Bonchev–Trinajstić information content (AvgIpc) is 3.14. The van der Waals surface area contributed by atoms with E-state index in [9.17, 15) is 18.0 Å². The Labute approximate surface area is 172 Å². The maximum atomic E-state index is 12.5. The van der Waals surface area contributed by atoms with E-state index in [4.69, 9.17) is 0 Å². The minimum Gasteiger partial charge on any atom is -0.404 e. The SMILES string of the molecule is CC(=O)Nc1nc(C)c(-c2csc(Nc3ccccc3OC(F)(F)F)n2)s1.Cl. The van der Waals surface area contributed by atoms with Gasteiger partial charge in [-0.3, -0.25) is 4.79 Å². The lowest BCUT2D eigenvalue weighted by atomic mass is 10.3. The molecule has 150 valence electrons. The number of hydrogen-bond acceptors (Lipinski definition) is 7. The van der Waals surface area contributed by atoms with Crippen LogP contribution in [0, 0.1) is 6.92 Å². The highest BCUT2D eigenvalue weighted by Crippen LogP contribution is 2.37. The monoisotopic (exact) mass is 450 g/mol. The van der Waals surface area contributed by atoms with Gasteiger partial charge >= 0.3 is 6.36 Å². The molecular formula is C16H14ClF3N4O2S2. The zero-order chi connectivity index (χ0) is 19.6. The number of anilines is 3. The third kappa shape index (κ3) is 5.57. The number of nitrogens with zero attached hydrogens (tertiary/aromatic N) is 2. The minimum absolute atomic E-state index is 0. The van der Waals surface area contributed by atoms with Crippen molar-refractivity contribution in [2.24, 2.45) is 0 Å². The van der Waals surface area contributed by atoms with Gasteiger partial charge in [-0.1, -0.05) is 23.5 Å². The molecule has 1 aromatic carbocycles. The van der Waals surface area contributed by atoms with Crippen molar-refractivity contribution < 1.29 is 22.7 Å². The van der Waals surface area contributed by atoms with Gasteiger partial charge in [0.05, 0.1) is 22.0 Å². The molecule has 0 bridgehead atoms. The van der Waals surface area contributed by atoms with Crippen LogP contribution in [0.15, 0.2) is 29.6 Å². The number of amides is 1. The molecular weight excluding hydrogens is 437 g/mol. The second-order valence-electron chi connectivity index (χ2n) is 5.32. The van der Waals surface area contributed by atoms with Crippen LogP contribution in [0.25, 0.3) is 10.6 Å². The number of alkyl halides is 3. The first kappa shape index (κ1) is 21.9. The molecule has 0 radical (unpaired) electrons. The van der Waals surface area contributed by atoms with Gasteiger partial charge in [0.15, 0.2) is 16.0 Å². The van der Waals surface area contributed by atoms with E-state index in [0.29, 0.717) is 21.7 Å². The lowest BCUT2D eigenvalue weighted by Gasteiger charge is -2.13. The molecule has 3 rings (SSSR count). The van der Waals surface area contributed by atoms with Crippen LogP contribution in [-0.2, 0) is 4.79 Å². The summed E-state index contributed by atoms with van der Waals surface area (Å²) in [5.74, 6) is -0.569. The summed E-state index contributed by atoms with van der Waals surface area (Å²) in [5.41, 5.74) is 1.46. The standard InChI is InChI=1S/C16H13F3N4O2S2.ClH/c1-8-13(27-15(20-8)21-9(2)24)11-7-26-14(23-11)22-10-5-3-4-6-12(10)25-16(17,18)19;/h3-7H,1-2H3,(H,22,23)(H,20,21,24);1H. The summed E-state index contributed by atoms with van der Waals surface area (Å²) in [5, 5.41) is 8.07. The summed E-state index contributed by atoms with van der Waals surface area (Å²) in [7, 11) is 0. The Morgan fingerprint density at radius 2 is 1.89 bits per heavy atom. The van der Waals surface area contributed by atoms with Gasteiger partial charge in [-0.05, 0) is 19.1 Å². The van der Waals surface area contributed by atoms with E-state index in [1.54, 1.807) is 18.4 Å². The Morgan fingerprint density at radius 1 is 1.18 bits per heavy atom. The van der Waals surface area contributed by atoms with Crippen LogP contribution in [0.5, 0.6) is 5.75 Å². The number of halogens is 4. The number of carbonyl (C=O) groups excluding carboxylic acids is 1. The predicted octanol–water partition coefficient (Wildman–Crippen LogP) is 5.60. The van der Waals surface area contributed by atoms with Crippen molar-refractivity contribution in [1.82, 2.24) is 9.97 Å². The number of carbonyl (C=O) groups is 1. The van der Waals surface area contributed by atoms with Crippen molar-refractivity contribution in [2.45, 2.75) is 20.2 Å². The highest BCUT2D eigenvalue weighted by Gasteiger charge is 2.32. The molecule has 0 aliphatic carbocycles. The molecule has 0 aliphatic rings. The van der Waals surface area contributed by atoms with Gasteiger partial charge in [0.25, 0.3) is 0 Å². The first-order valence-electron chi connectivity index (χ1n) is 7.54. The fraction of sp³-hybridized carbons (Fsp3) is 0.188. The Hall–Kier alpha value is -2.37. The highest BCUT2D eigenvalue weighted by atomic mass is 35.5. The number of thiazole rings is 2. The summed E-state index contributed by atoms with van der Waals surface area (Å²) in [6.45, 7) is 3.18. The topological polar surface area (TPSA) is 76.1 Å². The van der Waals surface area contributed by atoms with Crippen LogP contribution in [0.2, 0.25) is 0 Å². The molecule has 0 unspecified atom stereocenters. The van der Waals surface area contributed by atoms with Crippen molar-refractivity contribution in [1.29, 1.82) is 0 Å². The van der Waals surface area contributed by atoms with E-state index in [1.165, 1.54) is 47.8 Å². The van der Waals surface area contributed by atoms with E-state index in [1.807, 2.05) is 0 Å². The molecule has 2 aromatic heterocycles. The molecule has 6 nitrogen and oxygen atoms in total. The fourth-order valence-electron chi connectivity index (χ4n) is 2.17. The summed E-state index contributed by atoms with van der Waals surface area (Å²) in [6.07, 6.45) is -4.79. The average molecular weight is 451 g/mol.